The lowest BCUT2D eigenvalue weighted by Crippen LogP contribution is -2.31. The maximum Gasteiger partial charge on any atom is 0.387 e. The Morgan fingerprint density at radius 3 is 2.55 bits per heavy atom. The zero-order valence-corrected chi connectivity index (χ0v) is 15.7. The number of anilines is 1. The number of amides is 1. The predicted octanol–water partition coefficient (Wildman–Crippen LogP) is 2.58. The second-order valence-corrected chi connectivity index (χ2v) is 5.93. The van der Waals surface area contributed by atoms with Crippen LogP contribution in [0.3, 0.4) is 0 Å². The van der Waals surface area contributed by atoms with Gasteiger partial charge in [0.25, 0.3) is 5.91 Å². The van der Waals surface area contributed by atoms with E-state index in [4.69, 9.17) is 4.74 Å². The number of alkyl halides is 2. The normalized spacial score (nSPS) is 11.8. The Hall–Kier alpha value is -3.57. The molecule has 2 rings (SSSR count). The third kappa shape index (κ3) is 5.46. The van der Waals surface area contributed by atoms with Gasteiger partial charge in [0.05, 0.1) is 10.6 Å². The lowest BCUT2D eigenvalue weighted by atomic mass is 10.2. The van der Waals surface area contributed by atoms with Crippen LogP contribution in [0.15, 0.2) is 24.3 Å². The summed E-state index contributed by atoms with van der Waals surface area (Å²) >= 11 is 0. The van der Waals surface area contributed by atoms with Gasteiger partial charge in [0.15, 0.2) is 6.10 Å². The summed E-state index contributed by atoms with van der Waals surface area (Å²) < 4.78 is 35.3. The Balaban J connectivity index is 2.01. The highest BCUT2D eigenvalue weighted by Gasteiger charge is 2.25. The maximum absolute atomic E-state index is 12.4. The van der Waals surface area contributed by atoms with Crippen molar-refractivity contribution in [2.75, 3.05) is 5.32 Å². The van der Waals surface area contributed by atoms with Crippen molar-refractivity contribution in [3.8, 4) is 5.75 Å². The van der Waals surface area contributed by atoms with Crippen molar-refractivity contribution >= 4 is 23.3 Å². The highest BCUT2D eigenvalue weighted by Crippen LogP contribution is 2.26. The van der Waals surface area contributed by atoms with Gasteiger partial charge < -0.3 is 14.8 Å². The van der Waals surface area contributed by atoms with Crippen molar-refractivity contribution < 1.29 is 32.8 Å². The Morgan fingerprint density at radius 2 is 1.97 bits per heavy atom. The summed E-state index contributed by atoms with van der Waals surface area (Å²) in [6, 6.07) is 5.54. The van der Waals surface area contributed by atoms with Gasteiger partial charge in [0.2, 0.25) is 0 Å². The first-order valence-electron chi connectivity index (χ1n) is 8.32. The second kappa shape index (κ2) is 9.08. The SMILES string of the molecule is Cc1nn(CC(=O)O[C@H](C)C(=O)Nc2ccccc2OC(F)F)c(C)c1[N+](=O)[O-]. The Morgan fingerprint density at radius 1 is 1.31 bits per heavy atom. The monoisotopic (exact) mass is 412 g/mol. The number of nitro groups is 1. The van der Waals surface area contributed by atoms with Crippen molar-refractivity contribution in [1.82, 2.24) is 9.78 Å². The fraction of sp³-hybridized carbons (Fsp3) is 0.353. The van der Waals surface area contributed by atoms with E-state index in [-0.39, 0.29) is 28.5 Å². The molecule has 0 bridgehead atoms. The molecule has 156 valence electrons. The van der Waals surface area contributed by atoms with E-state index in [9.17, 15) is 28.5 Å². The quantitative estimate of drug-likeness (QED) is 0.401. The first-order chi connectivity index (χ1) is 13.6. The van der Waals surface area contributed by atoms with Crippen LogP contribution in [0.4, 0.5) is 20.2 Å². The number of aromatic nitrogens is 2. The number of rotatable bonds is 8. The summed E-state index contributed by atoms with van der Waals surface area (Å²) in [5, 5.41) is 17.3. The van der Waals surface area contributed by atoms with Gasteiger partial charge in [-0.15, -0.1) is 0 Å². The molecule has 2 aromatic rings. The van der Waals surface area contributed by atoms with Gasteiger partial charge in [0, 0.05) is 0 Å². The van der Waals surface area contributed by atoms with Gasteiger partial charge in [-0.2, -0.15) is 13.9 Å². The molecule has 0 unspecified atom stereocenters. The van der Waals surface area contributed by atoms with Crippen molar-refractivity contribution in [2.24, 2.45) is 0 Å². The van der Waals surface area contributed by atoms with E-state index in [1.807, 2.05) is 0 Å². The van der Waals surface area contributed by atoms with E-state index in [0.717, 1.165) is 4.68 Å². The molecule has 0 aliphatic heterocycles. The topological polar surface area (TPSA) is 126 Å². The number of carbonyl (C=O) groups is 2. The molecule has 12 heteroatoms. The van der Waals surface area contributed by atoms with Crippen molar-refractivity contribution in [1.29, 1.82) is 0 Å². The Labute approximate surface area is 163 Å². The molecule has 1 heterocycles. The molecule has 0 saturated carbocycles. The summed E-state index contributed by atoms with van der Waals surface area (Å²) in [5.74, 6) is -1.88. The van der Waals surface area contributed by atoms with Crippen molar-refractivity contribution in [3.63, 3.8) is 0 Å². The van der Waals surface area contributed by atoms with Gasteiger partial charge >= 0.3 is 18.3 Å². The number of aryl methyl sites for hydroxylation is 1. The average molecular weight is 412 g/mol. The fourth-order valence-electron chi connectivity index (χ4n) is 2.52. The predicted molar refractivity (Wildman–Crippen MR) is 95.6 cm³/mol. The molecule has 1 N–H and O–H groups in total. The largest absolute Gasteiger partial charge is 0.451 e. The van der Waals surface area contributed by atoms with E-state index in [0.29, 0.717) is 0 Å². The number of nitrogens with one attached hydrogen (secondary N) is 1. The summed E-state index contributed by atoms with van der Waals surface area (Å²) in [6.07, 6.45) is -1.27. The number of nitrogens with zero attached hydrogens (tertiary/aromatic N) is 3. The second-order valence-electron chi connectivity index (χ2n) is 5.93. The lowest BCUT2D eigenvalue weighted by molar-refractivity contribution is -0.386. The van der Waals surface area contributed by atoms with E-state index >= 15 is 0 Å². The minimum Gasteiger partial charge on any atom is -0.451 e. The van der Waals surface area contributed by atoms with Crippen LogP contribution in [-0.4, -0.2) is 39.3 Å². The maximum atomic E-state index is 12.4. The molecule has 1 aromatic carbocycles. The lowest BCUT2D eigenvalue weighted by Gasteiger charge is -2.16. The van der Waals surface area contributed by atoms with E-state index in [2.05, 4.69) is 15.2 Å². The number of esters is 1. The van der Waals surface area contributed by atoms with Gasteiger partial charge in [-0.25, -0.2) is 0 Å². The molecular weight excluding hydrogens is 394 g/mol. The summed E-state index contributed by atoms with van der Waals surface area (Å²) in [4.78, 5) is 34.7. The van der Waals surface area contributed by atoms with Crippen LogP contribution in [0.1, 0.15) is 18.3 Å². The third-order valence-electron chi connectivity index (χ3n) is 3.84. The van der Waals surface area contributed by atoms with Gasteiger partial charge in [0.1, 0.15) is 23.7 Å². The zero-order valence-electron chi connectivity index (χ0n) is 15.7. The minimum atomic E-state index is -3.08. The van der Waals surface area contributed by atoms with Crippen LogP contribution in [-0.2, 0) is 20.9 Å². The molecule has 0 saturated heterocycles. The van der Waals surface area contributed by atoms with Crippen LogP contribution in [0.5, 0.6) is 5.75 Å². The molecule has 1 aromatic heterocycles. The minimum absolute atomic E-state index is 0.0186. The molecule has 1 amide bonds. The molecule has 0 radical (unpaired) electrons. The molecule has 1 atom stereocenters. The molecule has 0 fully saturated rings. The van der Waals surface area contributed by atoms with Crippen LogP contribution >= 0.6 is 0 Å². The first-order valence-corrected chi connectivity index (χ1v) is 8.32. The molecule has 29 heavy (non-hydrogen) atoms. The molecule has 0 aliphatic rings. The van der Waals surface area contributed by atoms with Gasteiger partial charge in [-0.05, 0) is 32.9 Å². The van der Waals surface area contributed by atoms with E-state index in [1.165, 1.54) is 45.0 Å². The molecule has 10 nitrogen and oxygen atoms in total. The fourth-order valence-corrected chi connectivity index (χ4v) is 2.52. The first kappa shape index (κ1) is 21.7. The van der Waals surface area contributed by atoms with Crippen molar-refractivity contribution in [2.45, 2.75) is 40.0 Å². The van der Waals surface area contributed by atoms with Crippen LogP contribution < -0.4 is 10.1 Å². The van der Waals surface area contributed by atoms with Crippen LogP contribution in [0.25, 0.3) is 0 Å². The molecular formula is C17H18F2N4O6. The number of para-hydroxylation sites is 2. The number of hydrogen-bond donors (Lipinski definition) is 1. The van der Waals surface area contributed by atoms with Gasteiger partial charge in [-0.1, -0.05) is 12.1 Å². The van der Waals surface area contributed by atoms with Crippen LogP contribution in [0.2, 0.25) is 0 Å². The standard InChI is InChI=1S/C17H18F2N4O6/c1-9-15(23(26)27)10(2)22(21-9)8-14(24)28-11(3)16(25)20-12-6-4-5-7-13(12)29-17(18)19/h4-7,11,17H,8H2,1-3H3,(H,20,25)/t11-/m1/s1. The number of benzene rings is 1. The number of halogens is 2. The van der Waals surface area contributed by atoms with Gasteiger partial charge in [-0.3, -0.25) is 24.4 Å². The Kier molecular flexibility index (Phi) is 6.80. The third-order valence-corrected chi connectivity index (χ3v) is 3.84. The van der Waals surface area contributed by atoms with E-state index < -0.39 is 36.1 Å². The average Bonchev–Trinajstić information content (AvgIpc) is 2.89. The molecule has 0 spiro atoms. The number of ether oxygens (including phenoxy) is 2. The van der Waals surface area contributed by atoms with Crippen LogP contribution in [0, 0.1) is 24.0 Å². The Bertz CT molecular complexity index is 931. The molecule has 0 aliphatic carbocycles. The highest BCUT2D eigenvalue weighted by molar-refractivity contribution is 5.96. The van der Waals surface area contributed by atoms with Crippen molar-refractivity contribution in [3.05, 3.63) is 45.8 Å². The number of carbonyl (C=O) groups excluding carboxylic acids is 2. The summed E-state index contributed by atoms with van der Waals surface area (Å²) in [7, 11) is 0. The zero-order chi connectivity index (χ0) is 21.7. The summed E-state index contributed by atoms with van der Waals surface area (Å²) in [6.45, 7) is 0.633. The highest BCUT2D eigenvalue weighted by atomic mass is 19.3. The smallest absolute Gasteiger partial charge is 0.387 e. The van der Waals surface area contributed by atoms with E-state index in [1.54, 1.807) is 0 Å². The summed E-state index contributed by atoms with van der Waals surface area (Å²) in [5.41, 5.74) is 0.0791. The number of hydrogen-bond acceptors (Lipinski definition) is 7.